The van der Waals surface area contributed by atoms with Gasteiger partial charge in [-0.2, -0.15) is 10.2 Å². The van der Waals surface area contributed by atoms with Crippen molar-refractivity contribution in [2.75, 3.05) is 18.5 Å². The van der Waals surface area contributed by atoms with Gasteiger partial charge in [-0.05, 0) is 50.2 Å². The zero-order valence-electron chi connectivity index (χ0n) is 18.0. The third-order valence-corrected chi connectivity index (χ3v) is 5.42. The molecule has 3 aromatic heterocycles. The Morgan fingerprint density at radius 2 is 1.88 bits per heavy atom. The smallest absolute Gasteiger partial charge is 0.274 e. The van der Waals surface area contributed by atoms with Gasteiger partial charge < -0.3 is 14.8 Å². The number of nitrogens with one attached hydrogen (secondary N) is 2. The van der Waals surface area contributed by atoms with Gasteiger partial charge in [0.05, 0.1) is 17.1 Å². The summed E-state index contributed by atoms with van der Waals surface area (Å²) in [6.07, 6.45) is 0. The number of hydrogen-bond acceptors (Lipinski definition) is 6. The van der Waals surface area contributed by atoms with Crippen LogP contribution in [-0.2, 0) is 7.05 Å². The number of hydrogen-bond donors (Lipinski definition) is 2. The molecule has 0 saturated carbocycles. The van der Waals surface area contributed by atoms with Gasteiger partial charge in [-0.3, -0.25) is 14.6 Å². The largest absolute Gasteiger partial charge is 0.486 e. The van der Waals surface area contributed by atoms with Crippen molar-refractivity contribution in [3.05, 3.63) is 59.5 Å². The van der Waals surface area contributed by atoms with Crippen LogP contribution in [-0.4, -0.2) is 44.1 Å². The zero-order valence-corrected chi connectivity index (χ0v) is 18.0. The lowest BCUT2D eigenvalue weighted by Crippen LogP contribution is -2.15. The lowest BCUT2D eigenvalue weighted by molar-refractivity contribution is 0.102. The van der Waals surface area contributed by atoms with Gasteiger partial charge >= 0.3 is 0 Å². The fourth-order valence-corrected chi connectivity index (χ4v) is 3.76. The number of fused-ring (bicyclic) bond motifs is 1. The van der Waals surface area contributed by atoms with E-state index in [9.17, 15) is 4.79 Å². The van der Waals surface area contributed by atoms with E-state index in [-0.39, 0.29) is 5.91 Å². The van der Waals surface area contributed by atoms with Crippen LogP contribution in [0.25, 0.3) is 22.5 Å². The lowest BCUT2D eigenvalue weighted by Gasteiger charge is -2.18. The topological polar surface area (TPSA) is 107 Å². The summed E-state index contributed by atoms with van der Waals surface area (Å²) in [5.74, 6) is 1.52. The highest BCUT2D eigenvalue weighted by Gasteiger charge is 2.18. The average Bonchev–Trinajstić information content (AvgIpc) is 3.37. The molecule has 162 valence electrons. The number of nitrogens with zero attached hydrogens (tertiary/aromatic N) is 4. The Morgan fingerprint density at radius 3 is 2.66 bits per heavy atom. The van der Waals surface area contributed by atoms with E-state index in [4.69, 9.17) is 9.47 Å². The molecule has 1 aliphatic rings. The van der Waals surface area contributed by atoms with Crippen molar-refractivity contribution in [1.82, 2.24) is 25.0 Å². The fraction of sp³-hybridized carbons (Fsp3) is 0.217. The molecule has 0 saturated heterocycles. The molecular formula is C23H22N6O3. The fourth-order valence-electron chi connectivity index (χ4n) is 3.76. The van der Waals surface area contributed by atoms with Crippen molar-refractivity contribution in [2.24, 2.45) is 7.05 Å². The average molecular weight is 430 g/mol. The molecule has 0 unspecified atom stereocenters. The Kier molecular flexibility index (Phi) is 4.85. The van der Waals surface area contributed by atoms with E-state index in [1.807, 2.05) is 51.2 Å². The maximum absolute atomic E-state index is 12.8. The number of aromatic nitrogens is 5. The predicted octanol–water partition coefficient (Wildman–Crippen LogP) is 3.51. The van der Waals surface area contributed by atoms with Crippen molar-refractivity contribution in [1.29, 1.82) is 0 Å². The van der Waals surface area contributed by atoms with E-state index < -0.39 is 0 Å². The van der Waals surface area contributed by atoms with Gasteiger partial charge in [-0.15, -0.1) is 0 Å². The third-order valence-electron chi connectivity index (χ3n) is 5.42. The summed E-state index contributed by atoms with van der Waals surface area (Å²) in [6.45, 7) is 4.95. The third kappa shape index (κ3) is 3.58. The first-order chi connectivity index (χ1) is 15.5. The van der Waals surface area contributed by atoms with Gasteiger partial charge in [0, 0.05) is 23.9 Å². The second kappa shape index (κ2) is 7.84. The van der Waals surface area contributed by atoms with E-state index in [1.54, 1.807) is 16.8 Å². The molecule has 0 atom stereocenters. The maximum atomic E-state index is 12.8. The standard InChI is InChI=1S/C23H22N6O3/c1-13-22(14(2)29(3)28-13)17-12-18(27-26-17)23(30)25-21-6-4-5-16(24-21)15-7-8-19-20(11-15)32-10-9-31-19/h4-8,11-12H,9-10H2,1-3H3,(H,26,27)(H,24,25,30). The Morgan fingerprint density at radius 1 is 1.06 bits per heavy atom. The Balaban J connectivity index is 1.36. The highest BCUT2D eigenvalue weighted by Crippen LogP contribution is 2.34. The number of amides is 1. The number of anilines is 1. The molecule has 1 amide bonds. The summed E-state index contributed by atoms with van der Waals surface area (Å²) < 4.78 is 13.0. The van der Waals surface area contributed by atoms with Crippen LogP contribution >= 0.6 is 0 Å². The molecule has 32 heavy (non-hydrogen) atoms. The highest BCUT2D eigenvalue weighted by atomic mass is 16.6. The highest BCUT2D eigenvalue weighted by molar-refractivity contribution is 6.03. The van der Waals surface area contributed by atoms with Crippen LogP contribution in [0.4, 0.5) is 5.82 Å². The molecular weight excluding hydrogens is 408 g/mol. The number of aromatic amines is 1. The Labute approximate surface area is 184 Å². The van der Waals surface area contributed by atoms with Gasteiger partial charge in [0.1, 0.15) is 24.7 Å². The number of aryl methyl sites for hydroxylation is 2. The van der Waals surface area contributed by atoms with Crippen LogP contribution < -0.4 is 14.8 Å². The van der Waals surface area contributed by atoms with Crippen molar-refractivity contribution < 1.29 is 14.3 Å². The SMILES string of the molecule is Cc1nn(C)c(C)c1-c1cc(C(=O)Nc2cccc(-c3ccc4c(c3)OCCO4)n2)[nH]n1. The van der Waals surface area contributed by atoms with E-state index in [2.05, 4.69) is 25.6 Å². The van der Waals surface area contributed by atoms with E-state index in [0.29, 0.717) is 41.9 Å². The van der Waals surface area contributed by atoms with Gasteiger partial charge in [0.15, 0.2) is 11.5 Å². The molecule has 9 nitrogen and oxygen atoms in total. The second-order valence-corrected chi connectivity index (χ2v) is 7.56. The number of H-pyrrole nitrogens is 1. The Hall–Kier alpha value is -4.14. The van der Waals surface area contributed by atoms with Crippen LogP contribution in [0.5, 0.6) is 11.5 Å². The van der Waals surface area contributed by atoms with Gasteiger partial charge in [-0.1, -0.05) is 6.07 Å². The molecule has 2 N–H and O–H groups in total. The number of carbonyl (C=O) groups is 1. The van der Waals surface area contributed by atoms with E-state index in [0.717, 1.165) is 28.3 Å². The molecule has 4 aromatic rings. The van der Waals surface area contributed by atoms with Crippen LogP contribution in [0.15, 0.2) is 42.5 Å². The molecule has 5 rings (SSSR count). The monoisotopic (exact) mass is 430 g/mol. The summed E-state index contributed by atoms with van der Waals surface area (Å²) in [5.41, 5.74) is 5.36. The summed E-state index contributed by atoms with van der Waals surface area (Å²) in [6, 6.07) is 12.9. The lowest BCUT2D eigenvalue weighted by atomic mass is 10.1. The van der Waals surface area contributed by atoms with Gasteiger partial charge in [-0.25, -0.2) is 4.98 Å². The normalized spacial score (nSPS) is 12.6. The number of ether oxygens (including phenoxy) is 2. The quantitative estimate of drug-likeness (QED) is 0.513. The van der Waals surface area contributed by atoms with Crippen LogP contribution in [0.2, 0.25) is 0 Å². The first-order valence-electron chi connectivity index (χ1n) is 10.2. The summed E-state index contributed by atoms with van der Waals surface area (Å²) in [7, 11) is 1.88. The minimum atomic E-state index is -0.324. The molecule has 4 heterocycles. The summed E-state index contributed by atoms with van der Waals surface area (Å²) in [4.78, 5) is 17.4. The van der Waals surface area contributed by atoms with E-state index in [1.165, 1.54) is 0 Å². The number of pyridine rings is 1. The molecule has 1 aromatic carbocycles. The summed E-state index contributed by atoms with van der Waals surface area (Å²) in [5, 5.41) is 14.4. The first kappa shape index (κ1) is 19.8. The van der Waals surface area contributed by atoms with Crippen molar-refractivity contribution in [3.63, 3.8) is 0 Å². The number of benzene rings is 1. The molecule has 9 heteroatoms. The van der Waals surface area contributed by atoms with E-state index >= 15 is 0 Å². The minimum absolute atomic E-state index is 0.324. The number of carbonyl (C=O) groups excluding carboxylic acids is 1. The van der Waals surface area contributed by atoms with Crippen molar-refractivity contribution in [3.8, 4) is 34.0 Å². The van der Waals surface area contributed by atoms with Crippen LogP contribution in [0.3, 0.4) is 0 Å². The molecule has 0 spiro atoms. The second-order valence-electron chi connectivity index (χ2n) is 7.56. The predicted molar refractivity (Wildman–Crippen MR) is 119 cm³/mol. The Bertz CT molecular complexity index is 1320. The number of rotatable bonds is 4. The zero-order chi connectivity index (χ0) is 22.2. The van der Waals surface area contributed by atoms with Crippen molar-refractivity contribution >= 4 is 11.7 Å². The maximum Gasteiger partial charge on any atom is 0.274 e. The molecule has 1 aliphatic heterocycles. The molecule has 0 bridgehead atoms. The van der Waals surface area contributed by atoms with Gasteiger partial charge in [0.2, 0.25) is 0 Å². The van der Waals surface area contributed by atoms with Crippen LogP contribution in [0.1, 0.15) is 21.9 Å². The first-order valence-corrected chi connectivity index (χ1v) is 10.2. The van der Waals surface area contributed by atoms with Gasteiger partial charge in [0.25, 0.3) is 5.91 Å². The minimum Gasteiger partial charge on any atom is -0.486 e. The van der Waals surface area contributed by atoms with Crippen molar-refractivity contribution in [2.45, 2.75) is 13.8 Å². The molecule has 0 aliphatic carbocycles. The molecule has 0 fully saturated rings. The van der Waals surface area contributed by atoms with Crippen LogP contribution in [0, 0.1) is 13.8 Å². The summed E-state index contributed by atoms with van der Waals surface area (Å²) >= 11 is 0. The molecule has 0 radical (unpaired) electrons.